The molecule has 1 aliphatic heterocycles. The zero-order chi connectivity index (χ0) is 20.6. The lowest BCUT2D eigenvalue weighted by Crippen LogP contribution is -2.50. The highest BCUT2D eigenvalue weighted by atomic mass is 16.2. The van der Waals surface area contributed by atoms with Crippen LogP contribution in [0.3, 0.4) is 0 Å². The Morgan fingerprint density at radius 3 is 1.73 bits per heavy atom. The molecule has 3 aromatic carbocycles. The van der Waals surface area contributed by atoms with Crippen LogP contribution in [0.15, 0.2) is 91.0 Å². The summed E-state index contributed by atoms with van der Waals surface area (Å²) in [4.78, 5) is 18.1. The van der Waals surface area contributed by atoms with Crippen LogP contribution in [0, 0.1) is 0 Å². The summed E-state index contributed by atoms with van der Waals surface area (Å²) in [6.07, 6.45) is 2.28. The van der Waals surface area contributed by atoms with Crippen molar-refractivity contribution in [2.45, 2.75) is 18.8 Å². The Morgan fingerprint density at radius 1 is 0.700 bits per heavy atom. The summed E-state index contributed by atoms with van der Waals surface area (Å²) in [6, 6.07) is 31.0. The van der Waals surface area contributed by atoms with Gasteiger partial charge in [-0.05, 0) is 36.1 Å². The molecule has 3 heteroatoms. The summed E-state index contributed by atoms with van der Waals surface area (Å²) in [7, 11) is 0. The lowest BCUT2D eigenvalue weighted by molar-refractivity contribution is -0.133. The molecule has 0 radical (unpaired) electrons. The molecule has 1 amide bonds. The number of benzene rings is 3. The van der Waals surface area contributed by atoms with Gasteiger partial charge in [0.2, 0.25) is 5.91 Å². The maximum absolute atomic E-state index is 13.5. The average Bonchev–Trinajstić information content (AvgIpc) is 2.82. The van der Waals surface area contributed by atoms with Gasteiger partial charge in [0.1, 0.15) is 0 Å². The van der Waals surface area contributed by atoms with Crippen LogP contribution in [0.1, 0.15) is 29.0 Å². The smallest absolute Gasteiger partial charge is 0.234 e. The summed E-state index contributed by atoms with van der Waals surface area (Å²) in [5.74, 6) is -0.00614. The quantitative estimate of drug-likeness (QED) is 0.581. The Morgan fingerprint density at radius 2 is 1.20 bits per heavy atom. The minimum atomic E-state index is -0.225. The molecule has 4 rings (SSSR count). The van der Waals surface area contributed by atoms with E-state index in [-0.39, 0.29) is 11.8 Å². The molecule has 0 saturated carbocycles. The zero-order valence-electron chi connectivity index (χ0n) is 17.5. The van der Waals surface area contributed by atoms with Crippen molar-refractivity contribution in [3.63, 3.8) is 0 Å². The number of rotatable bonds is 7. The van der Waals surface area contributed by atoms with E-state index in [0.29, 0.717) is 0 Å². The molecule has 0 unspecified atom stereocenters. The number of piperazine rings is 1. The van der Waals surface area contributed by atoms with Gasteiger partial charge in [0.05, 0.1) is 5.92 Å². The van der Waals surface area contributed by atoms with E-state index in [4.69, 9.17) is 0 Å². The summed E-state index contributed by atoms with van der Waals surface area (Å²) >= 11 is 0. The largest absolute Gasteiger partial charge is 0.339 e. The molecule has 0 aromatic heterocycles. The second kappa shape index (κ2) is 10.2. The zero-order valence-corrected chi connectivity index (χ0v) is 17.5. The van der Waals surface area contributed by atoms with Crippen LogP contribution in [0.5, 0.6) is 0 Å². The third kappa shape index (κ3) is 5.17. The first-order valence-electron chi connectivity index (χ1n) is 11.0. The molecule has 0 bridgehead atoms. The average molecular weight is 399 g/mol. The lowest BCUT2D eigenvalue weighted by atomic mass is 9.90. The first-order valence-corrected chi connectivity index (χ1v) is 11.0. The molecule has 0 N–H and O–H groups in total. The van der Waals surface area contributed by atoms with Crippen LogP contribution >= 0.6 is 0 Å². The van der Waals surface area contributed by atoms with Crippen LogP contribution in [0.4, 0.5) is 0 Å². The van der Waals surface area contributed by atoms with Crippen LogP contribution in [0.25, 0.3) is 0 Å². The lowest BCUT2D eigenvalue weighted by Gasteiger charge is -2.36. The molecular formula is C27H30N2O. The van der Waals surface area contributed by atoms with Gasteiger partial charge in [-0.2, -0.15) is 0 Å². The standard InChI is InChI=1S/C27H30N2O/c30-27(26(24-14-6-2-7-15-24)25-16-8-3-9-17-25)29-21-19-28(20-22-29)18-10-13-23-11-4-1-5-12-23/h1-9,11-12,14-17,26H,10,13,18-22H2. The maximum Gasteiger partial charge on any atom is 0.234 e. The second-order valence-electron chi connectivity index (χ2n) is 8.01. The molecule has 1 fully saturated rings. The number of hydrogen-bond acceptors (Lipinski definition) is 2. The summed E-state index contributed by atoms with van der Waals surface area (Å²) < 4.78 is 0. The van der Waals surface area contributed by atoms with E-state index in [1.165, 1.54) is 5.56 Å². The van der Waals surface area contributed by atoms with E-state index >= 15 is 0 Å². The van der Waals surface area contributed by atoms with E-state index < -0.39 is 0 Å². The van der Waals surface area contributed by atoms with Crippen molar-refractivity contribution in [2.24, 2.45) is 0 Å². The van der Waals surface area contributed by atoms with E-state index in [1.54, 1.807) is 0 Å². The van der Waals surface area contributed by atoms with Gasteiger partial charge in [-0.1, -0.05) is 91.0 Å². The SMILES string of the molecule is O=C(C(c1ccccc1)c1ccccc1)N1CCN(CCCc2ccccc2)CC1. The Labute approximate surface area is 180 Å². The normalized spacial score (nSPS) is 14.8. The molecular weight excluding hydrogens is 368 g/mol. The molecule has 0 spiro atoms. The van der Waals surface area contributed by atoms with E-state index in [9.17, 15) is 4.79 Å². The predicted octanol–water partition coefficient (Wildman–Crippen LogP) is 4.60. The van der Waals surface area contributed by atoms with Crippen molar-refractivity contribution in [2.75, 3.05) is 32.7 Å². The summed E-state index contributed by atoms with van der Waals surface area (Å²) in [5.41, 5.74) is 3.54. The number of aryl methyl sites for hydroxylation is 1. The van der Waals surface area contributed by atoms with Crippen molar-refractivity contribution in [3.05, 3.63) is 108 Å². The van der Waals surface area contributed by atoms with Crippen molar-refractivity contribution in [1.82, 2.24) is 9.80 Å². The summed E-state index contributed by atoms with van der Waals surface area (Å²) in [6.45, 7) is 4.62. The number of carbonyl (C=O) groups excluding carboxylic acids is 1. The molecule has 0 aliphatic carbocycles. The molecule has 1 aliphatic rings. The summed E-state index contributed by atoms with van der Waals surface area (Å²) in [5, 5.41) is 0. The van der Waals surface area contributed by atoms with Gasteiger partial charge in [-0.25, -0.2) is 0 Å². The van der Waals surface area contributed by atoms with Crippen LogP contribution < -0.4 is 0 Å². The van der Waals surface area contributed by atoms with Gasteiger partial charge < -0.3 is 4.90 Å². The fourth-order valence-electron chi connectivity index (χ4n) is 4.29. The van der Waals surface area contributed by atoms with E-state index in [2.05, 4.69) is 64.4 Å². The third-order valence-electron chi connectivity index (χ3n) is 5.98. The Kier molecular flexibility index (Phi) is 6.94. The van der Waals surface area contributed by atoms with Gasteiger partial charge in [0.15, 0.2) is 0 Å². The Hall–Kier alpha value is -2.91. The van der Waals surface area contributed by atoms with E-state index in [0.717, 1.165) is 56.7 Å². The molecule has 154 valence electrons. The number of carbonyl (C=O) groups is 1. The molecule has 1 saturated heterocycles. The van der Waals surface area contributed by atoms with Crippen LogP contribution in [0.2, 0.25) is 0 Å². The van der Waals surface area contributed by atoms with Crippen molar-refractivity contribution >= 4 is 5.91 Å². The van der Waals surface area contributed by atoms with Gasteiger partial charge in [0.25, 0.3) is 0 Å². The van der Waals surface area contributed by atoms with Crippen LogP contribution in [-0.2, 0) is 11.2 Å². The Balaban J connectivity index is 1.35. The van der Waals surface area contributed by atoms with Crippen LogP contribution in [-0.4, -0.2) is 48.4 Å². The minimum absolute atomic E-state index is 0.219. The monoisotopic (exact) mass is 398 g/mol. The second-order valence-corrected chi connectivity index (χ2v) is 8.01. The maximum atomic E-state index is 13.5. The number of nitrogens with zero attached hydrogens (tertiary/aromatic N) is 2. The first-order chi connectivity index (χ1) is 14.8. The molecule has 3 nitrogen and oxygen atoms in total. The first kappa shape index (κ1) is 20.4. The van der Waals surface area contributed by atoms with Gasteiger partial charge in [-0.3, -0.25) is 9.69 Å². The fourth-order valence-corrected chi connectivity index (χ4v) is 4.29. The molecule has 1 heterocycles. The van der Waals surface area contributed by atoms with Crippen molar-refractivity contribution in [1.29, 1.82) is 0 Å². The molecule has 30 heavy (non-hydrogen) atoms. The predicted molar refractivity (Wildman–Crippen MR) is 123 cm³/mol. The number of amides is 1. The Bertz CT molecular complexity index is 864. The highest BCUT2D eigenvalue weighted by molar-refractivity contribution is 5.87. The van der Waals surface area contributed by atoms with Gasteiger partial charge >= 0.3 is 0 Å². The molecule has 3 aromatic rings. The van der Waals surface area contributed by atoms with Gasteiger partial charge in [0, 0.05) is 26.2 Å². The highest BCUT2D eigenvalue weighted by Crippen LogP contribution is 2.27. The van der Waals surface area contributed by atoms with E-state index in [1.807, 2.05) is 36.4 Å². The van der Waals surface area contributed by atoms with Gasteiger partial charge in [-0.15, -0.1) is 0 Å². The number of hydrogen-bond donors (Lipinski definition) is 0. The van der Waals surface area contributed by atoms with Crippen molar-refractivity contribution < 1.29 is 4.79 Å². The fraction of sp³-hybridized carbons (Fsp3) is 0.296. The topological polar surface area (TPSA) is 23.6 Å². The van der Waals surface area contributed by atoms with Crippen molar-refractivity contribution in [3.8, 4) is 0 Å². The minimum Gasteiger partial charge on any atom is -0.339 e. The molecule has 0 atom stereocenters. The third-order valence-corrected chi connectivity index (χ3v) is 5.98. The highest BCUT2D eigenvalue weighted by Gasteiger charge is 2.29.